The van der Waals surface area contributed by atoms with Crippen LogP contribution in [0.2, 0.25) is 0 Å². The number of nitrogens with zero attached hydrogens (tertiary/aromatic N) is 1. The molecule has 1 amide bonds. The summed E-state index contributed by atoms with van der Waals surface area (Å²) >= 11 is 0. The van der Waals surface area contributed by atoms with Crippen molar-refractivity contribution in [1.29, 1.82) is 0 Å². The van der Waals surface area contributed by atoms with E-state index in [1.54, 1.807) is 7.11 Å². The van der Waals surface area contributed by atoms with E-state index in [-0.39, 0.29) is 28.6 Å². The maximum atomic E-state index is 13.0. The van der Waals surface area contributed by atoms with Gasteiger partial charge in [0.25, 0.3) is 5.91 Å². The maximum Gasteiger partial charge on any atom is 0.257 e. The quantitative estimate of drug-likeness (QED) is 0.578. The second-order valence-electron chi connectivity index (χ2n) is 7.57. The summed E-state index contributed by atoms with van der Waals surface area (Å²) in [5, 5.41) is 0. The van der Waals surface area contributed by atoms with Crippen LogP contribution in [0.3, 0.4) is 0 Å². The van der Waals surface area contributed by atoms with Gasteiger partial charge in [0.05, 0.1) is 18.2 Å². The molecule has 2 atom stereocenters. The van der Waals surface area contributed by atoms with Crippen LogP contribution in [-0.2, 0) is 14.3 Å². The molecule has 128 valence electrons. The average Bonchev–Trinajstić information content (AvgIpc) is 2.97. The fraction of sp³-hybridized carbons (Fsp3) is 0.684. The van der Waals surface area contributed by atoms with Crippen LogP contribution in [0.25, 0.3) is 0 Å². The van der Waals surface area contributed by atoms with Gasteiger partial charge in [-0.3, -0.25) is 9.59 Å². The molecule has 0 saturated carbocycles. The smallest absolute Gasteiger partial charge is 0.257 e. The normalized spacial score (nSPS) is 28.7. The topological polar surface area (TPSA) is 46.6 Å². The zero-order valence-electron chi connectivity index (χ0n) is 14.9. The fourth-order valence-corrected chi connectivity index (χ4v) is 3.52. The van der Waals surface area contributed by atoms with Crippen molar-refractivity contribution in [1.82, 2.24) is 4.90 Å². The van der Waals surface area contributed by atoms with Crippen molar-refractivity contribution in [2.45, 2.75) is 52.5 Å². The molecule has 1 fully saturated rings. The van der Waals surface area contributed by atoms with Gasteiger partial charge in [0.15, 0.2) is 5.78 Å². The minimum Gasteiger partial charge on any atom is -0.383 e. The number of ketones is 1. The molecule has 1 aliphatic carbocycles. The second-order valence-corrected chi connectivity index (χ2v) is 7.57. The zero-order valence-corrected chi connectivity index (χ0v) is 14.9. The lowest BCUT2D eigenvalue weighted by Gasteiger charge is -2.43. The molecule has 4 heteroatoms. The number of methoxy groups -OCH3 is 1. The number of carbonyl (C=O) groups is 2. The molecule has 1 aliphatic heterocycles. The average molecular weight is 319 g/mol. The van der Waals surface area contributed by atoms with Crippen LogP contribution in [0.1, 0.15) is 46.5 Å². The fourth-order valence-electron chi connectivity index (χ4n) is 3.52. The largest absolute Gasteiger partial charge is 0.383 e. The first-order valence-electron chi connectivity index (χ1n) is 8.45. The molecular weight excluding hydrogens is 290 g/mol. The van der Waals surface area contributed by atoms with Crippen molar-refractivity contribution < 1.29 is 14.3 Å². The number of likely N-dealkylation sites (tertiary alicyclic amines) is 1. The third-order valence-electron chi connectivity index (χ3n) is 5.84. The molecule has 2 aliphatic rings. The number of amides is 1. The van der Waals surface area contributed by atoms with E-state index in [0.29, 0.717) is 25.1 Å². The van der Waals surface area contributed by atoms with Crippen molar-refractivity contribution in [3.8, 4) is 0 Å². The summed E-state index contributed by atoms with van der Waals surface area (Å²) in [6.45, 7) is 11.5. The van der Waals surface area contributed by atoms with E-state index in [1.165, 1.54) is 0 Å². The van der Waals surface area contributed by atoms with E-state index in [0.717, 1.165) is 19.3 Å². The number of allylic oxidation sites excluding steroid dienone is 2. The van der Waals surface area contributed by atoms with Gasteiger partial charge in [-0.15, -0.1) is 6.58 Å². The Balaban J connectivity index is 2.32. The van der Waals surface area contributed by atoms with Crippen molar-refractivity contribution >= 4 is 11.7 Å². The molecule has 0 aromatic heterocycles. The van der Waals surface area contributed by atoms with Gasteiger partial charge in [0.2, 0.25) is 0 Å². The van der Waals surface area contributed by atoms with E-state index >= 15 is 0 Å². The van der Waals surface area contributed by atoms with Gasteiger partial charge >= 0.3 is 0 Å². The molecule has 4 nitrogen and oxygen atoms in total. The van der Waals surface area contributed by atoms with Gasteiger partial charge in [0.1, 0.15) is 0 Å². The summed E-state index contributed by atoms with van der Waals surface area (Å²) in [7, 11) is 1.65. The number of rotatable bonds is 5. The summed E-state index contributed by atoms with van der Waals surface area (Å²) in [6, 6.07) is 0.0850. The minimum atomic E-state index is -0.232. The Labute approximate surface area is 139 Å². The lowest BCUT2D eigenvalue weighted by atomic mass is 9.61. The van der Waals surface area contributed by atoms with Crippen LogP contribution in [0, 0.1) is 10.8 Å². The molecular formula is C19H29NO3. The summed E-state index contributed by atoms with van der Waals surface area (Å²) in [4.78, 5) is 27.2. The Morgan fingerprint density at radius 2 is 2.26 bits per heavy atom. The van der Waals surface area contributed by atoms with Gasteiger partial charge in [-0.1, -0.05) is 32.9 Å². The molecule has 0 aromatic rings. The molecule has 0 unspecified atom stereocenters. The minimum absolute atomic E-state index is 0.0320. The molecule has 2 rings (SSSR count). The highest BCUT2D eigenvalue weighted by Gasteiger charge is 2.43. The lowest BCUT2D eigenvalue weighted by molar-refractivity contribution is -0.132. The second kappa shape index (κ2) is 6.60. The Hall–Kier alpha value is -1.42. The van der Waals surface area contributed by atoms with E-state index in [1.807, 2.05) is 17.1 Å². The molecule has 0 radical (unpaired) electrons. The molecule has 1 saturated heterocycles. The SMILES string of the molecule is C=CC(C)(C)[C@]1(C)C=C(C(=O)N2CCC[C@H]2COC)C(=O)CC1. The Morgan fingerprint density at radius 1 is 1.57 bits per heavy atom. The molecule has 1 heterocycles. The van der Waals surface area contributed by atoms with Gasteiger partial charge in [0, 0.05) is 20.1 Å². The molecule has 0 spiro atoms. The van der Waals surface area contributed by atoms with Crippen molar-refractivity contribution in [3.63, 3.8) is 0 Å². The predicted octanol–water partition coefficient (Wildman–Crippen LogP) is 3.13. The molecule has 0 aromatic carbocycles. The first kappa shape index (κ1) is 17.9. The van der Waals surface area contributed by atoms with E-state index in [4.69, 9.17) is 4.74 Å². The lowest BCUT2D eigenvalue weighted by Crippen LogP contribution is -2.43. The van der Waals surface area contributed by atoms with Crippen LogP contribution in [0.5, 0.6) is 0 Å². The zero-order chi connectivity index (χ0) is 17.3. The highest BCUT2D eigenvalue weighted by atomic mass is 16.5. The van der Waals surface area contributed by atoms with Gasteiger partial charge in [-0.25, -0.2) is 0 Å². The summed E-state index contributed by atoms with van der Waals surface area (Å²) < 4.78 is 5.22. The summed E-state index contributed by atoms with van der Waals surface area (Å²) in [5.74, 6) is -0.157. The monoisotopic (exact) mass is 319 g/mol. The number of hydrogen-bond donors (Lipinski definition) is 0. The van der Waals surface area contributed by atoms with Crippen molar-refractivity contribution in [2.75, 3.05) is 20.3 Å². The summed E-state index contributed by atoms with van der Waals surface area (Å²) in [6.07, 6.45) is 6.92. The third kappa shape index (κ3) is 3.27. The molecule has 23 heavy (non-hydrogen) atoms. The number of Topliss-reactive ketones (excluding diaryl/α,β-unsaturated/α-hetero) is 1. The first-order chi connectivity index (χ1) is 10.8. The third-order valence-corrected chi connectivity index (χ3v) is 5.84. The molecule has 0 bridgehead atoms. The van der Waals surface area contributed by atoms with Crippen LogP contribution >= 0.6 is 0 Å². The first-order valence-corrected chi connectivity index (χ1v) is 8.45. The predicted molar refractivity (Wildman–Crippen MR) is 91.0 cm³/mol. The Bertz CT molecular complexity index is 535. The molecule has 0 N–H and O–H groups in total. The Morgan fingerprint density at radius 3 is 2.87 bits per heavy atom. The van der Waals surface area contributed by atoms with Crippen molar-refractivity contribution in [2.24, 2.45) is 10.8 Å². The van der Waals surface area contributed by atoms with Gasteiger partial charge in [-0.05, 0) is 30.1 Å². The standard InChI is InChI=1S/C19H29NO3/c1-6-18(2,3)19(4)10-9-16(21)15(12-19)17(22)20-11-7-8-14(20)13-23-5/h6,12,14H,1,7-11,13H2,2-5H3/t14-,19-/m0/s1. The van der Waals surface area contributed by atoms with Crippen molar-refractivity contribution in [3.05, 3.63) is 24.3 Å². The van der Waals surface area contributed by atoms with Crippen LogP contribution in [0.4, 0.5) is 0 Å². The Kier molecular flexibility index (Phi) is 5.14. The number of ether oxygens (including phenoxy) is 1. The number of hydrogen-bond acceptors (Lipinski definition) is 3. The van der Waals surface area contributed by atoms with Crippen LogP contribution in [0.15, 0.2) is 24.3 Å². The highest BCUT2D eigenvalue weighted by Crippen LogP contribution is 2.48. The highest BCUT2D eigenvalue weighted by molar-refractivity contribution is 6.20. The van der Waals surface area contributed by atoms with Crippen LogP contribution < -0.4 is 0 Å². The van der Waals surface area contributed by atoms with Crippen LogP contribution in [-0.4, -0.2) is 42.9 Å². The summed E-state index contributed by atoms with van der Waals surface area (Å²) in [5.41, 5.74) is -0.0444. The van der Waals surface area contributed by atoms with E-state index in [9.17, 15) is 9.59 Å². The van der Waals surface area contributed by atoms with Gasteiger partial charge < -0.3 is 9.64 Å². The van der Waals surface area contributed by atoms with E-state index in [2.05, 4.69) is 27.4 Å². The van der Waals surface area contributed by atoms with Gasteiger partial charge in [-0.2, -0.15) is 0 Å². The number of carbonyl (C=O) groups excluding carboxylic acids is 2. The maximum absolute atomic E-state index is 13.0. The van der Waals surface area contributed by atoms with E-state index < -0.39 is 0 Å².